The molecule has 0 aromatic carbocycles. The Hall–Kier alpha value is -0.940. The Morgan fingerprint density at radius 2 is 2.19 bits per heavy atom. The molecule has 0 bridgehead atoms. The molecule has 2 aromatic heterocycles. The third-order valence-electron chi connectivity index (χ3n) is 2.06. The molecule has 2 aromatic rings. The Balaban J connectivity index is 1.88. The first-order valence-electron chi connectivity index (χ1n) is 5.30. The smallest absolute Gasteiger partial charge is 0.183 e. The highest BCUT2D eigenvalue weighted by atomic mass is 32.1. The van der Waals surface area contributed by atoms with Crippen molar-refractivity contribution in [3.05, 3.63) is 27.7 Å². The molecule has 16 heavy (non-hydrogen) atoms. The highest BCUT2D eigenvalue weighted by molar-refractivity contribution is 7.15. The van der Waals surface area contributed by atoms with Crippen LogP contribution in [0.1, 0.15) is 23.6 Å². The molecule has 0 unspecified atom stereocenters. The molecule has 0 aliphatic rings. The van der Waals surface area contributed by atoms with E-state index in [1.165, 1.54) is 9.75 Å². The van der Waals surface area contributed by atoms with Crippen LogP contribution in [0.15, 0.2) is 17.9 Å². The monoisotopic (exact) mass is 253 g/mol. The van der Waals surface area contributed by atoms with Crippen molar-refractivity contribution in [3.63, 3.8) is 0 Å². The van der Waals surface area contributed by atoms with Crippen LogP contribution in [0.2, 0.25) is 0 Å². The van der Waals surface area contributed by atoms with Crippen LogP contribution < -0.4 is 5.32 Å². The summed E-state index contributed by atoms with van der Waals surface area (Å²) in [6.07, 6.45) is 4.97. The van der Waals surface area contributed by atoms with E-state index >= 15 is 0 Å². The van der Waals surface area contributed by atoms with Gasteiger partial charge in [0.1, 0.15) is 0 Å². The molecule has 0 aliphatic heterocycles. The lowest BCUT2D eigenvalue weighted by molar-refractivity contribution is 0.653. The van der Waals surface area contributed by atoms with Crippen molar-refractivity contribution in [2.45, 2.75) is 26.8 Å². The summed E-state index contributed by atoms with van der Waals surface area (Å²) in [5.41, 5.74) is 1.85. The second-order valence-electron chi connectivity index (χ2n) is 4.05. The lowest BCUT2D eigenvalue weighted by atomic mass is 10.1. The first-order valence-corrected chi connectivity index (χ1v) is 6.99. The minimum Gasteiger partial charge on any atom is -0.357 e. The van der Waals surface area contributed by atoms with Gasteiger partial charge in [-0.25, -0.2) is 4.98 Å². The van der Waals surface area contributed by atoms with Crippen molar-refractivity contribution in [3.8, 4) is 0 Å². The van der Waals surface area contributed by atoms with E-state index < -0.39 is 0 Å². The largest absolute Gasteiger partial charge is 0.357 e. The third-order valence-corrected chi connectivity index (χ3v) is 3.82. The van der Waals surface area contributed by atoms with E-state index in [4.69, 9.17) is 0 Å². The minimum atomic E-state index is 0.690. The van der Waals surface area contributed by atoms with E-state index in [9.17, 15) is 0 Å². The van der Waals surface area contributed by atoms with Gasteiger partial charge in [-0.15, -0.1) is 22.7 Å². The van der Waals surface area contributed by atoms with Crippen LogP contribution in [0, 0.1) is 5.92 Å². The van der Waals surface area contributed by atoms with Gasteiger partial charge in [0.15, 0.2) is 5.13 Å². The molecule has 0 aliphatic carbocycles. The van der Waals surface area contributed by atoms with E-state index in [2.05, 4.69) is 29.1 Å². The van der Waals surface area contributed by atoms with Gasteiger partial charge in [0.25, 0.3) is 0 Å². The molecule has 0 radical (unpaired) electrons. The van der Waals surface area contributed by atoms with E-state index in [0.29, 0.717) is 5.92 Å². The van der Waals surface area contributed by atoms with Gasteiger partial charge >= 0.3 is 0 Å². The fourth-order valence-electron chi connectivity index (χ4n) is 1.38. The summed E-state index contributed by atoms with van der Waals surface area (Å²) in [5.74, 6) is 0.690. The molecule has 0 atom stereocenters. The molecule has 0 spiro atoms. The molecule has 0 amide bonds. The summed E-state index contributed by atoms with van der Waals surface area (Å²) in [6, 6.07) is 0. The van der Waals surface area contributed by atoms with Gasteiger partial charge in [0, 0.05) is 22.1 Å². The summed E-state index contributed by atoms with van der Waals surface area (Å²) < 4.78 is 0. The molecular formula is C11H15N3S2. The normalized spacial score (nSPS) is 10.9. The van der Waals surface area contributed by atoms with Crippen molar-refractivity contribution in [1.82, 2.24) is 9.97 Å². The fourth-order valence-corrected chi connectivity index (χ4v) is 2.93. The van der Waals surface area contributed by atoms with Gasteiger partial charge in [-0.3, -0.25) is 4.98 Å². The molecule has 0 saturated carbocycles. The minimum absolute atomic E-state index is 0.690. The first-order chi connectivity index (χ1) is 7.74. The maximum Gasteiger partial charge on any atom is 0.183 e. The number of anilines is 1. The number of thiazole rings is 2. The first kappa shape index (κ1) is 11.5. The summed E-state index contributed by atoms with van der Waals surface area (Å²) in [4.78, 5) is 11.0. The van der Waals surface area contributed by atoms with E-state index in [0.717, 1.165) is 18.1 Å². The van der Waals surface area contributed by atoms with E-state index in [-0.39, 0.29) is 0 Å². The maximum atomic E-state index is 4.36. The topological polar surface area (TPSA) is 37.8 Å². The van der Waals surface area contributed by atoms with Gasteiger partial charge in [0.2, 0.25) is 0 Å². The number of nitrogens with zero attached hydrogens (tertiary/aromatic N) is 2. The SMILES string of the molecule is CC(C)Cc1cnc(NCc2cncs2)s1. The number of rotatable bonds is 5. The van der Waals surface area contributed by atoms with Gasteiger partial charge in [-0.2, -0.15) is 0 Å². The second-order valence-corrected chi connectivity index (χ2v) is 6.14. The van der Waals surface area contributed by atoms with Crippen molar-refractivity contribution < 1.29 is 0 Å². The van der Waals surface area contributed by atoms with E-state index in [1.807, 2.05) is 17.9 Å². The van der Waals surface area contributed by atoms with Gasteiger partial charge in [-0.1, -0.05) is 13.8 Å². The molecule has 3 nitrogen and oxygen atoms in total. The summed E-state index contributed by atoms with van der Waals surface area (Å²) in [6.45, 7) is 5.27. The van der Waals surface area contributed by atoms with Crippen LogP contribution in [-0.2, 0) is 13.0 Å². The zero-order valence-corrected chi connectivity index (χ0v) is 11.1. The Morgan fingerprint density at radius 1 is 1.31 bits per heavy atom. The summed E-state index contributed by atoms with van der Waals surface area (Å²) >= 11 is 3.41. The third kappa shape index (κ3) is 3.28. The molecule has 0 saturated heterocycles. The van der Waals surface area contributed by atoms with Crippen LogP contribution in [0.3, 0.4) is 0 Å². The second kappa shape index (κ2) is 5.41. The molecule has 0 fully saturated rings. The lowest BCUT2D eigenvalue weighted by Gasteiger charge is -2.00. The number of nitrogens with one attached hydrogen (secondary N) is 1. The highest BCUT2D eigenvalue weighted by Gasteiger charge is 2.04. The van der Waals surface area contributed by atoms with Crippen LogP contribution in [-0.4, -0.2) is 9.97 Å². The zero-order chi connectivity index (χ0) is 11.4. The summed E-state index contributed by atoms with van der Waals surface area (Å²) in [7, 11) is 0. The predicted octanol–water partition coefficient (Wildman–Crippen LogP) is 3.41. The molecule has 2 heterocycles. The van der Waals surface area contributed by atoms with Crippen LogP contribution in [0.5, 0.6) is 0 Å². The van der Waals surface area contributed by atoms with Crippen LogP contribution >= 0.6 is 22.7 Å². The average molecular weight is 253 g/mol. The van der Waals surface area contributed by atoms with E-state index in [1.54, 1.807) is 22.7 Å². The van der Waals surface area contributed by atoms with Gasteiger partial charge < -0.3 is 5.32 Å². The fraction of sp³-hybridized carbons (Fsp3) is 0.455. The molecule has 5 heteroatoms. The summed E-state index contributed by atoms with van der Waals surface area (Å²) in [5, 5.41) is 4.32. The Kier molecular flexibility index (Phi) is 3.90. The molecular weight excluding hydrogens is 238 g/mol. The molecule has 86 valence electrons. The van der Waals surface area contributed by atoms with Gasteiger partial charge in [0.05, 0.1) is 12.1 Å². The van der Waals surface area contributed by atoms with Gasteiger partial charge in [-0.05, 0) is 12.3 Å². The quantitative estimate of drug-likeness (QED) is 0.887. The van der Waals surface area contributed by atoms with Crippen LogP contribution in [0.4, 0.5) is 5.13 Å². The van der Waals surface area contributed by atoms with Crippen molar-refractivity contribution in [2.75, 3.05) is 5.32 Å². The number of hydrogen-bond donors (Lipinski definition) is 1. The Bertz CT molecular complexity index is 420. The Labute approximate surface area is 104 Å². The molecule has 1 N–H and O–H groups in total. The average Bonchev–Trinajstić information content (AvgIpc) is 2.84. The lowest BCUT2D eigenvalue weighted by Crippen LogP contribution is -1.95. The predicted molar refractivity (Wildman–Crippen MR) is 70.1 cm³/mol. The maximum absolute atomic E-state index is 4.36. The molecule has 2 rings (SSSR count). The van der Waals surface area contributed by atoms with Crippen molar-refractivity contribution >= 4 is 27.8 Å². The standard InChI is InChI=1S/C11H15N3S2/c1-8(2)3-9-5-13-11(16-9)14-6-10-4-12-7-15-10/h4-5,7-8H,3,6H2,1-2H3,(H,13,14). The number of hydrogen-bond acceptors (Lipinski definition) is 5. The number of aromatic nitrogens is 2. The van der Waals surface area contributed by atoms with Crippen molar-refractivity contribution in [1.29, 1.82) is 0 Å². The van der Waals surface area contributed by atoms with Crippen LogP contribution in [0.25, 0.3) is 0 Å². The zero-order valence-electron chi connectivity index (χ0n) is 9.43. The highest BCUT2D eigenvalue weighted by Crippen LogP contribution is 2.21. The Morgan fingerprint density at radius 3 is 2.88 bits per heavy atom. The van der Waals surface area contributed by atoms with Crippen molar-refractivity contribution in [2.24, 2.45) is 5.92 Å².